The molecule has 3 aromatic rings. The van der Waals surface area contributed by atoms with Gasteiger partial charge in [-0.05, 0) is 75.0 Å². The van der Waals surface area contributed by atoms with Crippen molar-refractivity contribution in [3.63, 3.8) is 0 Å². The van der Waals surface area contributed by atoms with E-state index < -0.39 is 20.7 Å². The van der Waals surface area contributed by atoms with E-state index in [4.69, 9.17) is 4.74 Å². The molecule has 0 saturated carbocycles. The lowest BCUT2D eigenvalue weighted by molar-refractivity contribution is 0.0751. The van der Waals surface area contributed by atoms with Crippen molar-refractivity contribution >= 4 is 38.9 Å². The van der Waals surface area contributed by atoms with Crippen LogP contribution in [0.4, 0.5) is 5.69 Å². The lowest BCUT2D eigenvalue weighted by atomic mass is 10.1. The third-order valence-electron chi connectivity index (χ3n) is 6.26. The number of sulfonamides is 1. The first-order chi connectivity index (χ1) is 18.0. The van der Waals surface area contributed by atoms with Crippen LogP contribution < -0.4 is 14.4 Å². The Kier molecular flexibility index (Phi) is 8.08. The molecule has 1 fully saturated rings. The van der Waals surface area contributed by atoms with Gasteiger partial charge in [-0.15, -0.1) is 11.3 Å². The summed E-state index contributed by atoms with van der Waals surface area (Å²) in [5.74, 6) is 0.0447. The van der Waals surface area contributed by atoms with Gasteiger partial charge in [0.15, 0.2) is 0 Å². The Morgan fingerprint density at radius 3 is 2.34 bits per heavy atom. The van der Waals surface area contributed by atoms with Gasteiger partial charge in [0.05, 0.1) is 22.4 Å². The molecule has 0 bridgehead atoms. The number of ether oxygens (including phenoxy) is 1. The molecule has 4 rings (SSSR count). The van der Waals surface area contributed by atoms with Crippen LogP contribution in [0.2, 0.25) is 0 Å². The molecule has 2 amide bonds. The summed E-state index contributed by atoms with van der Waals surface area (Å²) in [5.41, 5.74) is 3.02. The average molecular weight is 557 g/mol. The molecule has 1 saturated heterocycles. The van der Waals surface area contributed by atoms with E-state index in [2.05, 4.69) is 14.6 Å². The Labute approximate surface area is 227 Å². The Morgan fingerprint density at radius 2 is 1.71 bits per heavy atom. The summed E-state index contributed by atoms with van der Waals surface area (Å²) in [6.07, 6.45) is 3.43. The topological polar surface area (TPSA) is 109 Å². The highest BCUT2D eigenvalue weighted by atomic mass is 32.2. The number of carbonyl (C=O) groups excluding carboxylic acids is 2. The van der Waals surface area contributed by atoms with Gasteiger partial charge in [0.2, 0.25) is 10.0 Å². The number of amides is 2. The van der Waals surface area contributed by atoms with Gasteiger partial charge in [-0.3, -0.25) is 14.6 Å². The van der Waals surface area contributed by atoms with E-state index in [1.165, 1.54) is 32.1 Å². The van der Waals surface area contributed by atoms with Gasteiger partial charge in [-0.25, -0.2) is 13.1 Å². The van der Waals surface area contributed by atoms with Crippen LogP contribution in [0, 0.1) is 0 Å². The van der Waals surface area contributed by atoms with Crippen LogP contribution in [-0.2, 0) is 10.0 Å². The van der Waals surface area contributed by atoms with Crippen molar-refractivity contribution in [1.82, 2.24) is 14.6 Å². The minimum atomic E-state index is -3.79. The second-order valence-electron chi connectivity index (χ2n) is 9.92. The number of pyridine rings is 1. The SMILES string of the molecule is CCOc1cncc(-c2csc(C(=O)N3CCN(c4ccc(C(=O)NS(=O)(=O)C(C)(C)C)cc4)CC3)c2)c1. The van der Waals surface area contributed by atoms with Gasteiger partial charge in [-0.2, -0.15) is 0 Å². The lowest BCUT2D eigenvalue weighted by Crippen LogP contribution is -2.48. The van der Waals surface area contributed by atoms with E-state index in [-0.39, 0.29) is 11.5 Å². The van der Waals surface area contributed by atoms with E-state index in [1.807, 2.05) is 29.3 Å². The minimum absolute atomic E-state index is 0.00176. The number of benzene rings is 1. The normalized spacial score (nSPS) is 14.3. The molecular formula is C27H32N4O5S2. The van der Waals surface area contributed by atoms with Gasteiger partial charge in [0, 0.05) is 49.2 Å². The molecule has 1 aromatic carbocycles. The summed E-state index contributed by atoms with van der Waals surface area (Å²) in [5, 5.41) is 1.96. The zero-order chi connectivity index (χ0) is 27.5. The van der Waals surface area contributed by atoms with E-state index in [1.54, 1.807) is 36.7 Å². The molecule has 0 spiro atoms. The fourth-order valence-electron chi connectivity index (χ4n) is 3.90. The van der Waals surface area contributed by atoms with Gasteiger partial charge >= 0.3 is 0 Å². The van der Waals surface area contributed by atoms with E-state index in [0.29, 0.717) is 43.4 Å². The first-order valence-corrected chi connectivity index (χ1v) is 14.7. The molecule has 2 aromatic heterocycles. The molecule has 3 heterocycles. The van der Waals surface area contributed by atoms with E-state index in [0.717, 1.165) is 16.8 Å². The highest BCUT2D eigenvalue weighted by Gasteiger charge is 2.31. The maximum atomic E-state index is 13.1. The molecule has 0 radical (unpaired) electrons. The predicted molar refractivity (Wildman–Crippen MR) is 149 cm³/mol. The number of nitrogens with one attached hydrogen (secondary N) is 1. The van der Waals surface area contributed by atoms with Gasteiger partial charge in [0.1, 0.15) is 5.75 Å². The summed E-state index contributed by atoms with van der Waals surface area (Å²) < 4.78 is 31.1. The Hall–Kier alpha value is -3.44. The summed E-state index contributed by atoms with van der Waals surface area (Å²) >= 11 is 1.42. The number of carbonyl (C=O) groups is 2. The molecule has 1 N–H and O–H groups in total. The molecule has 202 valence electrons. The number of hydrogen-bond donors (Lipinski definition) is 1. The average Bonchev–Trinajstić information content (AvgIpc) is 3.38. The van der Waals surface area contributed by atoms with Crippen molar-refractivity contribution in [2.75, 3.05) is 37.7 Å². The molecule has 1 aliphatic rings. The molecule has 1 aliphatic heterocycles. The standard InChI is InChI=1S/C27H32N4O5S2/c1-5-36-23-14-20(16-28-17-23)21-15-24(37-18-21)26(33)31-12-10-30(11-13-31)22-8-6-19(7-9-22)25(32)29-38(34,35)27(2,3)4/h6-9,14-18H,5,10-13H2,1-4H3,(H,29,32). The van der Waals surface area contributed by atoms with Crippen molar-refractivity contribution in [2.45, 2.75) is 32.4 Å². The number of hydrogen-bond acceptors (Lipinski definition) is 8. The zero-order valence-corrected chi connectivity index (χ0v) is 23.6. The fraction of sp³-hybridized carbons (Fsp3) is 0.370. The highest BCUT2D eigenvalue weighted by Crippen LogP contribution is 2.29. The number of anilines is 1. The molecule has 11 heteroatoms. The Morgan fingerprint density at radius 1 is 1.03 bits per heavy atom. The van der Waals surface area contributed by atoms with Gasteiger partial charge < -0.3 is 14.5 Å². The quantitative estimate of drug-likeness (QED) is 0.468. The first kappa shape index (κ1) is 27.6. The number of aromatic nitrogens is 1. The molecule has 0 atom stereocenters. The molecule has 9 nitrogen and oxygen atoms in total. The minimum Gasteiger partial charge on any atom is -0.492 e. The summed E-state index contributed by atoms with van der Waals surface area (Å²) in [7, 11) is -3.79. The number of thiophene rings is 1. The number of nitrogens with zero attached hydrogens (tertiary/aromatic N) is 3. The van der Waals surface area contributed by atoms with Gasteiger partial charge in [0.25, 0.3) is 11.8 Å². The van der Waals surface area contributed by atoms with Crippen molar-refractivity contribution in [1.29, 1.82) is 0 Å². The number of piperazine rings is 1. The maximum absolute atomic E-state index is 13.1. The van der Waals surface area contributed by atoms with Crippen LogP contribution in [0.3, 0.4) is 0 Å². The van der Waals surface area contributed by atoms with Crippen LogP contribution in [0.1, 0.15) is 47.7 Å². The van der Waals surface area contributed by atoms with Crippen molar-refractivity contribution in [3.05, 3.63) is 64.6 Å². The molecular weight excluding hydrogens is 524 g/mol. The smallest absolute Gasteiger partial charge is 0.264 e. The third-order valence-corrected chi connectivity index (χ3v) is 9.25. The van der Waals surface area contributed by atoms with Gasteiger partial charge in [-0.1, -0.05) is 0 Å². The summed E-state index contributed by atoms with van der Waals surface area (Å²) in [6.45, 7) is 9.52. The third kappa shape index (κ3) is 6.16. The largest absolute Gasteiger partial charge is 0.492 e. The maximum Gasteiger partial charge on any atom is 0.264 e. The van der Waals surface area contributed by atoms with Crippen LogP contribution >= 0.6 is 11.3 Å². The second-order valence-corrected chi connectivity index (χ2v) is 13.3. The Balaban J connectivity index is 1.35. The fourth-order valence-corrected chi connectivity index (χ4v) is 5.45. The van der Waals surface area contributed by atoms with Crippen LogP contribution in [0.15, 0.2) is 54.2 Å². The summed E-state index contributed by atoms with van der Waals surface area (Å²) in [4.78, 5) is 34.5. The van der Waals surface area contributed by atoms with Crippen LogP contribution in [0.5, 0.6) is 5.75 Å². The predicted octanol–water partition coefficient (Wildman–Crippen LogP) is 4.03. The van der Waals surface area contributed by atoms with Crippen molar-refractivity contribution in [2.24, 2.45) is 0 Å². The highest BCUT2D eigenvalue weighted by molar-refractivity contribution is 7.91. The summed E-state index contributed by atoms with van der Waals surface area (Å²) in [6, 6.07) is 10.6. The van der Waals surface area contributed by atoms with Crippen LogP contribution in [0.25, 0.3) is 11.1 Å². The molecule has 0 aliphatic carbocycles. The first-order valence-electron chi connectivity index (χ1n) is 12.4. The molecule has 38 heavy (non-hydrogen) atoms. The zero-order valence-electron chi connectivity index (χ0n) is 21.9. The van der Waals surface area contributed by atoms with Crippen LogP contribution in [-0.4, -0.2) is 67.6 Å². The van der Waals surface area contributed by atoms with Crippen molar-refractivity contribution in [3.8, 4) is 16.9 Å². The monoisotopic (exact) mass is 556 g/mol. The Bertz CT molecular complexity index is 1400. The van der Waals surface area contributed by atoms with E-state index in [9.17, 15) is 18.0 Å². The van der Waals surface area contributed by atoms with Crippen molar-refractivity contribution < 1.29 is 22.7 Å². The lowest BCUT2D eigenvalue weighted by Gasteiger charge is -2.36. The molecule has 0 unspecified atom stereocenters. The number of rotatable bonds is 7. The second kappa shape index (κ2) is 11.1. The van der Waals surface area contributed by atoms with E-state index >= 15 is 0 Å².